The Morgan fingerprint density at radius 1 is 1.09 bits per heavy atom. The molecule has 2 N–H and O–H groups in total. The van der Waals surface area contributed by atoms with Crippen LogP contribution in [-0.4, -0.2) is 17.1 Å². The number of carbonyl (C=O) groups is 1. The monoisotopic (exact) mass is 478 g/mol. The van der Waals surface area contributed by atoms with Gasteiger partial charge in [-0.05, 0) is 24.6 Å². The number of hydrogen-bond donors (Lipinski definition) is 2. The summed E-state index contributed by atoms with van der Waals surface area (Å²) in [7, 11) is 0. The van der Waals surface area contributed by atoms with E-state index in [2.05, 4.69) is 20.8 Å². The van der Waals surface area contributed by atoms with Crippen molar-refractivity contribution in [2.24, 2.45) is 5.10 Å². The van der Waals surface area contributed by atoms with E-state index in [0.29, 0.717) is 15.8 Å². The van der Waals surface area contributed by atoms with Gasteiger partial charge in [0.25, 0.3) is 0 Å². The Balaban J connectivity index is 1.57. The maximum Gasteiger partial charge on any atom is 0.229 e. The van der Waals surface area contributed by atoms with E-state index in [-0.39, 0.29) is 22.9 Å². The number of aryl methyl sites for hydroxylation is 1. The van der Waals surface area contributed by atoms with E-state index in [9.17, 15) is 9.18 Å². The number of nitrogens with zero attached hydrogens (tertiary/aromatic N) is 2. The van der Waals surface area contributed by atoms with Gasteiger partial charge in [-0.25, -0.2) is 9.37 Å². The molecule has 1 aromatic heterocycles. The maximum absolute atomic E-state index is 14.0. The van der Waals surface area contributed by atoms with Crippen LogP contribution in [0.25, 0.3) is 11.3 Å². The molecule has 0 saturated carbocycles. The van der Waals surface area contributed by atoms with Crippen molar-refractivity contribution >= 4 is 45.2 Å². The number of amides is 1. The van der Waals surface area contributed by atoms with E-state index in [0.717, 1.165) is 16.7 Å². The molecule has 0 aliphatic carbocycles. The van der Waals surface area contributed by atoms with Crippen LogP contribution in [0.5, 0.6) is 0 Å². The molecule has 4 rings (SSSR count). The summed E-state index contributed by atoms with van der Waals surface area (Å²) in [6.07, 6.45) is 1.55. The molecule has 33 heavy (non-hydrogen) atoms. The number of carbonyl (C=O) groups excluding carboxylic acids is 1. The zero-order valence-electron chi connectivity index (χ0n) is 17.7. The third-order valence-corrected chi connectivity index (χ3v) is 5.97. The molecule has 1 heterocycles. The highest BCUT2D eigenvalue weighted by Crippen LogP contribution is 2.36. The zero-order chi connectivity index (χ0) is 23.2. The number of benzene rings is 3. The zero-order valence-corrected chi connectivity index (χ0v) is 19.3. The van der Waals surface area contributed by atoms with Gasteiger partial charge in [0.1, 0.15) is 16.5 Å². The Hall–Kier alpha value is -3.55. The lowest BCUT2D eigenvalue weighted by atomic mass is 10.1. The molecule has 0 radical (unpaired) electrons. The predicted octanol–water partition coefficient (Wildman–Crippen LogP) is 6.54. The molecular weight excluding hydrogens is 459 g/mol. The van der Waals surface area contributed by atoms with Crippen LogP contribution in [0.1, 0.15) is 16.7 Å². The third kappa shape index (κ3) is 5.83. The molecule has 8 heteroatoms. The number of anilines is 2. The fourth-order valence-electron chi connectivity index (χ4n) is 3.10. The Morgan fingerprint density at radius 3 is 2.58 bits per heavy atom. The standard InChI is InChI=1S/C25H20ClFN4OS/c1-16-10-12-18(13-11-16)23-24(29-22(32)14-17-6-3-2-4-7-17)33-25(30-23)31-28-15-19-20(26)8-5-9-21(19)27/h2-13,15H,14H2,1H3,(H,29,32)(H,30,31)/b28-15-. The number of thiazole rings is 1. The SMILES string of the molecule is Cc1ccc(-c2nc(N/N=C\c3c(F)cccc3Cl)sc2NC(=O)Cc2ccccc2)cc1. The van der Waals surface area contributed by atoms with E-state index in [4.69, 9.17) is 11.6 Å². The van der Waals surface area contributed by atoms with Gasteiger partial charge in [-0.1, -0.05) is 89.2 Å². The molecule has 166 valence electrons. The van der Waals surface area contributed by atoms with Crippen LogP contribution in [-0.2, 0) is 11.2 Å². The maximum atomic E-state index is 14.0. The Morgan fingerprint density at radius 2 is 1.85 bits per heavy atom. The summed E-state index contributed by atoms with van der Waals surface area (Å²) in [5.41, 5.74) is 6.52. The van der Waals surface area contributed by atoms with Crippen molar-refractivity contribution < 1.29 is 9.18 Å². The molecule has 0 fully saturated rings. The van der Waals surface area contributed by atoms with Gasteiger partial charge in [0.05, 0.1) is 17.7 Å². The largest absolute Gasteiger partial charge is 0.316 e. The number of hydrogen-bond acceptors (Lipinski definition) is 5. The average molecular weight is 479 g/mol. The second kappa shape index (κ2) is 10.4. The van der Waals surface area contributed by atoms with Gasteiger partial charge in [0.2, 0.25) is 11.0 Å². The minimum atomic E-state index is -0.471. The van der Waals surface area contributed by atoms with E-state index < -0.39 is 5.82 Å². The lowest BCUT2D eigenvalue weighted by Crippen LogP contribution is -2.14. The minimum absolute atomic E-state index is 0.147. The van der Waals surface area contributed by atoms with Gasteiger partial charge in [0, 0.05) is 11.1 Å². The minimum Gasteiger partial charge on any atom is -0.316 e. The molecule has 0 spiro atoms. The molecule has 0 atom stereocenters. The highest BCUT2D eigenvalue weighted by atomic mass is 35.5. The van der Waals surface area contributed by atoms with E-state index in [1.54, 1.807) is 6.07 Å². The van der Waals surface area contributed by atoms with Gasteiger partial charge in [-0.3, -0.25) is 10.2 Å². The molecule has 1 amide bonds. The van der Waals surface area contributed by atoms with Crippen molar-refractivity contribution in [2.45, 2.75) is 13.3 Å². The number of halogens is 2. The highest BCUT2D eigenvalue weighted by Gasteiger charge is 2.16. The summed E-state index contributed by atoms with van der Waals surface area (Å²) < 4.78 is 14.0. The Bertz CT molecular complexity index is 1270. The summed E-state index contributed by atoms with van der Waals surface area (Å²) >= 11 is 7.28. The summed E-state index contributed by atoms with van der Waals surface area (Å²) in [5, 5.41) is 8.35. The second-order valence-electron chi connectivity index (χ2n) is 7.28. The molecule has 0 aliphatic heterocycles. The summed E-state index contributed by atoms with van der Waals surface area (Å²) in [4.78, 5) is 17.3. The fourth-order valence-corrected chi connectivity index (χ4v) is 4.16. The Kier molecular flexibility index (Phi) is 7.12. The summed E-state index contributed by atoms with van der Waals surface area (Å²) in [6, 6.07) is 21.8. The van der Waals surface area contributed by atoms with E-state index >= 15 is 0 Å². The number of hydrazone groups is 1. The van der Waals surface area contributed by atoms with Crippen LogP contribution in [0, 0.1) is 12.7 Å². The number of nitrogens with one attached hydrogen (secondary N) is 2. The van der Waals surface area contributed by atoms with Gasteiger partial charge in [0.15, 0.2) is 0 Å². The highest BCUT2D eigenvalue weighted by molar-refractivity contribution is 7.20. The molecule has 4 aromatic rings. The molecule has 3 aromatic carbocycles. The lowest BCUT2D eigenvalue weighted by molar-refractivity contribution is -0.115. The fraction of sp³-hybridized carbons (Fsp3) is 0.0800. The molecular formula is C25H20ClFN4OS. The molecule has 0 saturated heterocycles. The normalized spacial score (nSPS) is 11.0. The van der Waals surface area contributed by atoms with Crippen molar-refractivity contribution in [3.63, 3.8) is 0 Å². The first-order chi connectivity index (χ1) is 16.0. The third-order valence-electron chi connectivity index (χ3n) is 4.77. The van der Waals surface area contributed by atoms with Gasteiger partial charge in [-0.15, -0.1) is 0 Å². The first-order valence-corrected chi connectivity index (χ1v) is 11.3. The summed E-state index contributed by atoms with van der Waals surface area (Å²) in [6.45, 7) is 2.00. The quantitative estimate of drug-likeness (QED) is 0.234. The van der Waals surface area contributed by atoms with Crippen LogP contribution in [0.4, 0.5) is 14.5 Å². The van der Waals surface area contributed by atoms with Crippen molar-refractivity contribution in [2.75, 3.05) is 10.7 Å². The van der Waals surface area contributed by atoms with Crippen molar-refractivity contribution in [1.82, 2.24) is 4.98 Å². The molecule has 0 bridgehead atoms. The van der Waals surface area contributed by atoms with Gasteiger partial charge < -0.3 is 5.32 Å². The summed E-state index contributed by atoms with van der Waals surface area (Å²) in [5.74, 6) is -0.618. The van der Waals surface area contributed by atoms with Crippen LogP contribution >= 0.6 is 22.9 Å². The average Bonchev–Trinajstić information content (AvgIpc) is 3.19. The Labute approximate surface area is 200 Å². The topological polar surface area (TPSA) is 66.4 Å². The number of aromatic nitrogens is 1. The van der Waals surface area contributed by atoms with Gasteiger partial charge in [-0.2, -0.15) is 5.10 Å². The van der Waals surface area contributed by atoms with E-state index in [1.807, 2.05) is 61.5 Å². The van der Waals surface area contributed by atoms with Crippen LogP contribution < -0.4 is 10.7 Å². The van der Waals surface area contributed by atoms with Crippen molar-refractivity contribution in [1.29, 1.82) is 0 Å². The second-order valence-corrected chi connectivity index (χ2v) is 8.68. The van der Waals surface area contributed by atoms with Crippen molar-refractivity contribution in [3.05, 3.63) is 100 Å². The lowest BCUT2D eigenvalue weighted by Gasteiger charge is -2.06. The van der Waals surface area contributed by atoms with Crippen LogP contribution in [0.15, 0.2) is 77.9 Å². The van der Waals surface area contributed by atoms with Crippen molar-refractivity contribution in [3.8, 4) is 11.3 Å². The molecule has 5 nitrogen and oxygen atoms in total. The smallest absolute Gasteiger partial charge is 0.229 e. The molecule has 0 unspecified atom stereocenters. The molecule has 0 aliphatic rings. The number of rotatable bonds is 7. The van der Waals surface area contributed by atoms with Gasteiger partial charge >= 0.3 is 0 Å². The van der Waals surface area contributed by atoms with Crippen LogP contribution in [0.2, 0.25) is 5.02 Å². The predicted molar refractivity (Wildman–Crippen MR) is 134 cm³/mol. The first-order valence-electron chi connectivity index (χ1n) is 10.1. The van der Waals surface area contributed by atoms with Crippen LogP contribution in [0.3, 0.4) is 0 Å². The first kappa shape index (κ1) is 22.6. The van der Waals surface area contributed by atoms with E-state index in [1.165, 1.54) is 29.7 Å².